The Morgan fingerprint density at radius 1 is 1.75 bits per heavy atom. The Hall–Kier alpha value is -0.120. The van der Waals surface area contributed by atoms with Crippen molar-refractivity contribution in [1.29, 1.82) is 0 Å². The molecule has 0 N–H and O–H groups in total. The van der Waals surface area contributed by atoms with Gasteiger partial charge in [0.15, 0.2) is 0 Å². The number of rotatable bonds is 2. The number of hydrogen-bond donors (Lipinski definition) is 0. The smallest absolute Gasteiger partial charge is 0.0270 e. The van der Waals surface area contributed by atoms with Gasteiger partial charge in [0.1, 0.15) is 0 Å². The molecular weight excluding hydrogens is 213 g/mol. The van der Waals surface area contributed by atoms with Crippen molar-refractivity contribution in [2.24, 2.45) is 4.99 Å². The number of nitrogens with zero attached hydrogens (tertiary/aromatic N) is 1. The summed E-state index contributed by atoms with van der Waals surface area (Å²) in [5.41, 5.74) is 0. The molecule has 0 unspecified atom stereocenters. The lowest BCUT2D eigenvalue weighted by Gasteiger charge is -1.79. The largest absolute Gasteiger partial charge is 0.272 e. The molecule has 0 aromatic heterocycles. The fourth-order valence-electron chi connectivity index (χ4n) is 0.220. The SMILES string of the molecule is C=N/C=C\C(I)=C/C. The maximum atomic E-state index is 3.55. The van der Waals surface area contributed by atoms with E-state index in [9.17, 15) is 0 Å². The Kier molecular flexibility index (Phi) is 4.95. The fourth-order valence-corrected chi connectivity index (χ4v) is 0.381. The van der Waals surface area contributed by atoms with E-state index in [-0.39, 0.29) is 0 Å². The highest BCUT2D eigenvalue weighted by Gasteiger charge is 1.74. The van der Waals surface area contributed by atoms with Gasteiger partial charge in [-0.15, -0.1) is 0 Å². The maximum absolute atomic E-state index is 3.55. The normalized spacial score (nSPS) is 12.5. The van der Waals surface area contributed by atoms with Crippen LogP contribution >= 0.6 is 22.6 Å². The standard InChI is InChI=1S/C6H8IN/c1-3-6(7)4-5-8-2/h3-5H,2H2,1H3/b5-4-,6-3+. The molecule has 0 aliphatic carbocycles. The Bertz CT molecular complexity index is 124. The Morgan fingerprint density at radius 3 is 2.75 bits per heavy atom. The summed E-state index contributed by atoms with van der Waals surface area (Å²) in [7, 11) is 0. The highest BCUT2D eigenvalue weighted by atomic mass is 127. The number of allylic oxidation sites excluding steroid dienone is 3. The Morgan fingerprint density at radius 2 is 2.38 bits per heavy atom. The summed E-state index contributed by atoms with van der Waals surface area (Å²) in [5, 5.41) is 0. The molecular formula is C6H8IN. The van der Waals surface area contributed by atoms with Crippen molar-refractivity contribution in [2.75, 3.05) is 0 Å². The number of aliphatic imine (C=N–C) groups is 1. The fraction of sp³-hybridized carbons (Fsp3) is 0.167. The average molecular weight is 221 g/mol. The minimum absolute atomic E-state index is 1.18. The van der Waals surface area contributed by atoms with Crippen molar-refractivity contribution in [2.45, 2.75) is 6.92 Å². The molecule has 0 fully saturated rings. The molecule has 0 spiro atoms. The third-order valence-corrected chi connectivity index (χ3v) is 1.60. The van der Waals surface area contributed by atoms with Crippen LogP contribution in [-0.4, -0.2) is 6.72 Å². The molecule has 0 radical (unpaired) electrons. The van der Waals surface area contributed by atoms with Crippen molar-refractivity contribution >= 4 is 29.3 Å². The lowest BCUT2D eigenvalue weighted by atomic mass is 10.5. The molecule has 0 aliphatic rings. The molecule has 0 rings (SSSR count). The molecule has 0 amide bonds. The van der Waals surface area contributed by atoms with Gasteiger partial charge in [0.25, 0.3) is 0 Å². The number of halogens is 1. The van der Waals surface area contributed by atoms with Crippen molar-refractivity contribution in [3.63, 3.8) is 0 Å². The first kappa shape index (κ1) is 7.88. The summed E-state index contributed by atoms with van der Waals surface area (Å²) in [6.45, 7) is 5.28. The zero-order chi connectivity index (χ0) is 6.41. The highest BCUT2D eigenvalue weighted by molar-refractivity contribution is 14.1. The second kappa shape index (κ2) is 5.03. The molecule has 44 valence electrons. The van der Waals surface area contributed by atoms with E-state index in [0.29, 0.717) is 0 Å². The molecule has 0 saturated heterocycles. The minimum atomic E-state index is 1.18. The van der Waals surface area contributed by atoms with Gasteiger partial charge >= 0.3 is 0 Å². The van der Waals surface area contributed by atoms with Gasteiger partial charge in [-0.1, -0.05) is 6.08 Å². The summed E-state index contributed by atoms with van der Waals surface area (Å²) in [4.78, 5) is 3.55. The van der Waals surface area contributed by atoms with Gasteiger partial charge in [0.2, 0.25) is 0 Å². The molecule has 8 heavy (non-hydrogen) atoms. The topological polar surface area (TPSA) is 12.4 Å². The lowest BCUT2D eigenvalue weighted by molar-refractivity contribution is 1.60. The van der Waals surface area contributed by atoms with Crippen LogP contribution in [0.25, 0.3) is 0 Å². The van der Waals surface area contributed by atoms with Crippen molar-refractivity contribution in [3.05, 3.63) is 21.9 Å². The van der Waals surface area contributed by atoms with Crippen LogP contribution in [0.15, 0.2) is 26.9 Å². The predicted molar refractivity (Wildman–Crippen MR) is 46.5 cm³/mol. The molecule has 0 saturated carbocycles. The minimum Gasteiger partial charge on any atom is -0.272 e. The van der Waals surface area contributed by atoms with Crippen molar-refractivity contribution in [3.8, 4) is 0 Å². The van der Waals surface area contributed by atoms with Crippen LogP contribution in [-0.2, 0) is 0 Å². The van der Waals surface area contributed by atoms with Gasteiger partial charge in [-0.3, -0.25) is 4.99 Å². The average Bonchev–Trinajstić information content (AvgIpc) is 1.83. The van der Waals surface area contributed by atoms with E-state index < -0.39 is 0 Å². The first-order valence-electron chi connectivity index (χ1n) is 2.25. The molecule has 0 aliphatic heterocycles. The molecule has 0 heterocycles. The zero-order valence-electron chi connectivity index (χ0n) is 4.76. The molecule has 1 nitrogen and oxygen atoms in total. The van der Waals surface area contributed by atoms with Crippen LogP contribution in [0.2, 0.25) is 0 Å². The molecule has 0 aromatic carbocycles. The van der Waals surface area contributed by atoms with E-state index in [4.69, 9.17) is 0 Å². The monoisotopic (exact) mass is 221 g/mol. The lowest BCUT2D eigenvalue weighted by Crippen LogP contribution is -1.55. The second-order valence-electron chi connectivity index (χ2n) is 1.17. The van der Waals surface area contributed by atoms with E-state index in [2.05, 4.69) is 34.3 Å². The van der Waals surface area contributed by atoms with E-state index in [1.807, 2.05) is 19.1 Å². The van der Waals surface area contributed by atoms with Crippen molar-refractivity contribution in [1.82, 2.24) is 0 Å². The summed E-state index contributed by atoms with van der Waals surface area (Å²) in [6.07, 6.45) is 5.57. The summed E-state index contributed by atoms with van der Waals surface area (Å²) >= 11 is 2.22. The zero-order valence-corrected chi connectivity index (χ0v) is 6.92. The van der Waals surface area contributed by atoms with Gasteiger partial charge in [0, 0.05) is 9.78 Å². The van der Waals surface area contributed by atoms with E-state index >= 15 is 0 Å². The third kappa shape index (κ3) is 4.05. The van der Waals surface area contributed by atoms with E-state index in [1.54, 1.807) is 6.20 Å². The van der Waals surface area contributed by atoms with Gasteiger partial charge < -0.3 is 0 Å². The van der Waals surface area contributed by atoms with Crippen LogP contribution in [0.1, 0.15) is 6.92 Å². The first-order valence-corrected chi connectivity index (χ1v) is 3.33. The molecule has 0 aromatic rings. The predicted octanol–water partition coefficient (Wildman–Crippen LogP) is 2.54. The second-order valence-corrected chi connectivity index (χ2v) is 2.42. The first-order chi connectivity index (χ1) is 3.81. The maximum Gasteiger partial charge on any atom is 0.0270 e. The van der Waals surface area contributed by atoms with Crippen LogP contribution in [0.4, 0.5) is 0 Å². The van der Waals surface area contributed by atoms with Crippen LogP contribution in [0.3, 0.4) is 0 Å². The van der Waals surface area contributed by atoms with Gasteiger partial charge in [0.05, 0.1) is 0 Å². The summed E-state index contributed by atoms with van der Waals surface area (Å²) in [5.74, 6) is 0. The Labute approximate surface area is 63.3 Å². The molecule has 2 heteroatoms. The highest BCUT2D eigenvalue weighted by Crippen LogP contribution is 2.05. The van der Waals surface area contributed by atoms with E-state index in [1.165, 1.54) is 3.58 Å². The van der Waals surface area contributed by atoms with Gasteiger partial charge in [-0.25, -0.2) is 0 Å². The quantitative estimate of drug-likeness (QED) is 0.386. The third-order valence-electron chi connectivity index (χ3n) is 0.615. The van der Waals surface area contributed by atoms with Crippen LogP contribution in [0.5, 0.6) is 0 Å². The Balaban J connectivity index is 3.69. The van der Waals surface area contributed by atoms with Crippen molar-refractivity contribution < 1.29 is 0 Å². The van der Waals surface area contributed by atoms with Gasteiger partial charge in [-0.2, -0.15) is 0 Å². The van der Waals surface area contributed by atoms with Crippen LogP contribution < -0.4 is 0 Å². The number of hydrogen-bond acceptors (Lipinski definition) is 1. The molecule has 0 bridgehead atoms. The summed E-state index contributed by atoms with van der Waals surface area (Å²) < 4.78 is 1.18. The van der Waals surface area contributed by atoms with Crippen LogP contribution in [0, 0.1) is 0 Å². The van der Waals surface area contributed by atoms with Gasteiger partial charge in [-0.05, 0) is 42.3 Å². The summed E-state index contributed by atoms with van der Waals surface area (Å²) in [6, 6.07) is 0. The van der Waals surface area contributed by atoms with E-state index in [0.717, 1.165) is 0 Å². The molecule has 0 atom stereocenters.